The summed E-state index contributed by atoms with van der Waals surface area (Å²) < 4.78 is 5.86. The molecule has 1 N–H and O–H groups in total. The zero-order chi connectivity index (χ0) is 15.4. The molecule has 3 rings (SSSR count). The average molecular weight is 348 g/mol. The van der Waals surface area contributed by atoms with Gasteiger partial charge in [0.25, 0.3) is 0 Å². The Morgan fingerprint density at radius 1 is 0.957 bits per heavy atom. The molecule has 0 aliphatic rings. The Bertz CT molecular complexity index is 750. The molecule has 0 aliphatic heterocycles. The molecule has 0 radical (unpaired) electrons. The summed E-state index contributed by atoms with van der Waals surface area (Å²) in [6, 6.07) is 20.2. The fourth-order valence-corrected chi connectivity index (χ4v) is 2.50. The minimum atomic E-state index is 0. The maximum Gasteiger partial charge on any atom is 0.134 e. The van der Waals surface area contributed by atoms with E-state index in [9.17, 15) is 0 Å². The smallest absolute Gasteiger partial charge is 0.134 e. The number of nitrogens with one attached hydrogen (secondary N) is 1. The maximum absolute atomic E-state index is 6.01. The van der Waals surface area contributed by atoms with E-state index >= 15 is 0 Å². The molecular weight excluding hydrogens is 329 g/mol. The van der Waals surface area contributed by atoms with Gasteiger partial charge in [0.2, 0.25) is 0 Å². The van der Waals surface area contributed by atoms with Crippen LogP contribution in [0, 0.1) is 6.92 Å². The zero-order valence-electron chi connectivity index (χ0n) is 12.9. The Labute approximate surface area is 147 Å². The Kier molecular flexibility index (Phi) is 6.28. The topological polar surface area (TPSA) is 25.2 Å². The van der Waals surface area contributed by atoms with Crippen LogP contribution in [0.4, 0.5) is 0 Å². The van der Waals surface area contributed by atoms with Crippen molar-refractivity contribution in [2.45, 2.75) is 20.0 Å². The second-order valence-corrected chi connectivity index (χ2v) is 5.80. The van der Waals surface area contributed by atoms with E-state index in [2.05, 4.69) is 36.5 Å². The van der Waals surface area contributed by atoms with Gasteiger partial charge < -0.3 is 9.73 Å². The summed E-state index contributed by atoms with van der Waals surface area (Å²) in [7, 11) is 0. The highest BCUT2D eigenvalue weighted by Gasteiger charge is 2.05. The molecule has 2 nitrogen and oxygen atoms in total. The molecule has 0 fully saturated rings. The predicted octanol–water partition coefficient (Wildman–Crippen LogP) is 5.62. The van der Waals surface area contributed by atoms with Crippen molar-refractivity contribution in [1.82, 2.24) is 5.32 Å². The van der Waals surface area contributed by atoms with Crippen molar-refractivity contribution < 1.29 is 4.42 Å². The summed E-state index contributed by atoms with van der Waals surface area (Å²) >= 11 is 6.01. The van der Waals surface area contributed by atoms with E-state index in [-0.39, 0.29) is 12.4 Å². The molecule has 0 atom stereocenters. The van der Waals surface area contributed by atoms with Gasteiger partial charge in [-0.25, -0.2) is 0 Å². The standard InChI is InChI=1S/C19H18ClNO.ClH/c1-14-5-7-15(8-6-14)12-21-13-18-9-10-19(22-18)16-3-2-4-17(20)11-16;/h2-11,21H,12-13H2,1H3;1H. The van der Waals surface area contributed by atoms with Crippen molar-refractivity contribution in [3.63, 3.8) is 0 Å². The van der Waals surface area contributed by atoms with Crippen LogP contribution in [0.1, 0.15) is 16.9 Å². The largest absolute Gasteiger partial charge is 0.460 e. The first kappa shape index (κ1) is 17.6. The Morgan fingerprint density at radius 2 is 1.74 bits per heavy atom. The monoisotopic (exact) mass is 347 g/mol. The third-order valence-electron chi connectivity index (χ3n) is 3.52. The maximum atomic E-state index is 6.01. The predicted molar refractivity (Wildman–Crippen MR) is 98.1 cm³/mol. The van der Waals surface area contributed by atoms with Crippen molar-refractivity contribution >= 4 is 24.0 Å². The van der Waals surface area contributed by atoms with Gasteiger partial charge in [-0.05, 0) is 36.8 Å². The van der Waals surface area contributed by atoms with Gasteiger partial charge in [0, 0.05) is 17.1 Å². The van der Waals surface area contributed by atoms with Crippen molar-refractivity contribution in [2.75, 3.05) is 0 Å². The lowest BCUT2D eigenvalue weighted by Crippen LogP contribution is -2.11. The lowest BCUT2D eigenvalue weighted by atomic mass is 10.1. The van der Waals surface area contributed by atoms with Crippen LogP contribution in [-0.2, 0) is 13.1 Å². The molecule has 0 bridgehead atoms. The van der Waals surface area contributed by atoms with E-state index in [0.717, 1.165) is 23.6 Å². The summed E-state index contributed by atoms with van der Waals surface area (Å²) in [5.74, 6) is 1.76. The van der Waals surface area contributed by atoms with Gasteiger partial charge in [-0.3, -0.25) is 0 Å². The first-order chi connectivity index (χ1) is 10.7. The number of hydrogen-bond acceptors (Lipinski definition) is 2. The number of aryl methyl sites for hydroxylation is 1. The van der Waals surface area contributed by atoms with Crippen LogP contribution in [0.15, 0.2) is 65.1 Å². The lowest BCUT2D eigenvalue weighted by molar-refractivity contribution is 0.493. The van der Waals surface area contributed by atoms with Crippen molar-refractivity contribution in [3.8, 4) is 11.3 Å². The summed E-state index contributed by atoms with van der Waals surface area (Å²) in [5.41, 5.74) is 3.55. The molecule has 4 heteroatoms. The van der Waals surface area contributed by atoms with E-state index in [1.54, 1.807) is 0 Å². The number of furan rings is 1. The van der Waals surface area contributed by atoms with Crippen LogP contribution in [0.5, 0.6) is 0 Å². The van der Waals surface area contributed by atoms with Crippen LogP contribution in [0.3, 0.4) is 0 Å². The Balaban J connectivity index is 0.00000192. The van der Waals surface area contributed by atoms with Crippen molar-refractivity contribution in [1.29, 1.82) is 0 Å². The Hall–Kier alpha value is -1.74. The molecule has 0 saturated heterocycles. The molecule has 3 aromatic rings. The first-order valence-electron chi connectivity index (χ1n) is 7.31. The highest BCUT2D eigenvalue weighted by atomic mass is 35.5. The van der Waals surface area contributed by atoms with Gasteiger partial charge in [0.1, 0.15) is 11.5 Å². The summed E-state index contributed by atoms with van der Waals surface area (Å²) in [4.78, 5) is 0. The van der Waals surface area contributed by atoms with Gasteiger partial charge in [-0.1, -0.05) is 53.6 Å². The molecule has 120 valence electrons. The highest BCUT2D eigenvalue weighted by molar-refractivity contribution is 6.30. The third kappa shape index (κ3) is 4.87. The first-order valence-corrected chi connectivity index (χ1v) is 7.69. The van der Waals surface area contributed by atoms with Gasteiger partial charge in [-0.15, -0.1) is 12.4 Å². The quantitative estimate of drug-likeness (QED) is 0.647. The molecular formula is C19H19Cl2NO. The normalized spacial score (nSPS) is 10.3. The van der Waals surface area contributed by atoms with Crippen LogP contribution in [0.2, 0.25) is 5.02 Å². The van der Waals surface area contributed by atoms with Crippen LogP contribution < -0.4 is 5.32 Å². The summed E-state index contributed by atoms with van der Waals surface area (Å²) in [6.07, 6.45) is 0. The van der Waals surface area contributed by atoms with Gasteiger partial charge >= 0.3 is 0 Å². The zero-order valence-corrected chi connectivity index (χ0v) is 14.5. The fraction of sp³-hybridized carbons (Fsp3) is 0.158. The minimum absolute atomic E-state index is 0. The molecule has 0 amide bonds. The minimum Gasteiger partial charge on any atom is -0.460 e. The molecule has 23 heavy (non-hydrogen) atoms. The van der Waals surface area contributed by atoms with Crippen LogP contribution >= 0.6 is 24.0 Å². The SMILES string of the molecule is Cc1ccc(CNCc2ccc(-c3cccc(Cl)c3)o2)cc1.Cl. The number of rotatable bonds is 5. The third-order valence-corrected chi connectivity index (χ3v) is 3.75. The van der Waals surface area contributed by atoms with Crippen LogP contribution in [0.25, 0.3) is 11.3 Å². The molecule has 0 saturated carbocycles. The second-order valence-electron chi connectivity index (χ2n) is 5.37. The fourth-order valence-electron chi connectivity index (χ4n) is 2.31. The van der Waals surface area contributed by atoms with Gasteiger partial charge in [-0.2, -0.15) is 0 Å². The summed E-state index contributed by atoms with van der Waals surface area (Å²) in [5, 5.41) is 4.11. The molecule has 2 aromatic carbocycles. The van der Waals surface area contributed by atoms with E-state index < -0.39 is 0 Å². The molecule has 0 aliphatic carbocycles. The highest BCUT2D eigenvalue weighted by Crippen LogP contribution is 2.24. The van der Waals surface area contributed by atoms with E-state index in [4.69, 9.17) is 16.0 Å². The van der Waals surface area contributed by atoms with Gasteiger partial charge in [0.15, 0.2) is 0 Å². The number of halogens is 2. The second kappa shape index (κ2) is 8.21. The molecule has 0 unspecified atom stereocenters. The van der Waals surface area contributed by atoms with E-state index in [0.29, 0.717) is 11.6 Å². The Morgan fingerprint density at radius 3 is 2.48 bits per heavy atom. The number of benzene rings is 2. The van der Waals surface area contributed by atoms with Crippen molar-refractivity contribution in [2.24, 2.45) is 0 Å². The number of hydrogen-bond donors (Lipinski definition) is 1. The molecule has 1 aromatic heterocycles. The van der Waals surface area contributed by atoms with E-state index in [1.807, 2.05) is 36.4 Å². The van der Waals surface area contributed by atoms with Crippen molar-refractivity contribution in [3.05, 3.63) is 82.6 Å². The van der Waals surface area contributed by atoms with E-state index in [1.165, 1.54) is 11.1 Å². The molecule has 1 heterocycles. The molecule has 0 spiro atoms. The van der Waals surface area contributed by atoms with Crippen LogP contribution in [-0.4, -0.2) is 0 Å². The van der Waals surface area contributed by atoms with Gasteiger partial charge in [0.05, 0.1) is 6.54 Å². The lowest BCUT2D eigenvalue weighted by Gasteiger charge is -2.04. The average Bonchev–Trinajstić information content (AvgIpc) is 2.98. The summed E-state index contributed by atoms with van der Waals surface area (Å²) in [6.45, 7) is 3.62.